The summed E-state index contributed by atoms with van der Waals surface area (Å²) in [7, 11) is 4.93. The van der Waals surface area contributed by atoms with E-state index >= 15 is 0 Å². The van der Waals surface area contributed by atoms with Crippen LogP contribution in [0, 0.1) is 5.92 Å². The Morgan fingerprint density at radius 2 is 1.57 bits per heavy atom. The number of rotatable bonds is 10. The van der Waals surface area contributed by atoms with Crippen LogP contribution in [0.25, 0.3) is 0 Å². The lowest BCUT2D eigenvalue weighted by Crippen LogP contribution is -2.07. The van der Waals surface area contributed by atoms with Gasteiger partial charge in [-0.3, -0.25) is 0 Å². The van der Waals surface area contributed by atoms with Crippen LogP contribution in [0.15, 0.2) is 12.1 Å². The first-order valence-corrected chi connectivity index (χ1v) is 9.35. The van der Waals surface area contributed by atoms with E-state index in [0.29, 0.717) is 11.7 Å². The van der Waals surface area contributed by atoms with Crippen LogP contribution < -0.4 is 14.2 Å². The molecule has 1 atom stereocenters. The lowest BCUT2D eigenvalue weighted by Gasteiger charge is -2.17. The van der Waals surface area contributed by atoms with Gasteiger partial charge < -0.3 is 14.2 Å². The Labute approximate surface area is 144 Å². The maximum atomic E-state index is 5.41. The molecule has 0 saturated heterocycles. The highest BCUT2D eigenvalue weighted by atomic mass is 79.9. The summed E-state index contributed by atoms with van der Waals surface area (Å²) in [5.41, 5.74) is 1.22. The van der Waals surface area contributed by atoms with E-state index < -0.39 is 0 Å². The van der Waals surface area contributed by atoms with Gasteiger partial charge in [0, 0.05) is 10.7 Å². The van der Waals surface area contributed by atoms with Crippen molar-refractivity contribution < 1.29 is 14.2 Å². The van der Waals surface area contributed by atoms with Gasteiger partial charge in [-0.1, -0.05) is 38.3 Å². The number of alkyl halides is 2. The Hall–Kier alpha value is -0.420. The van der Waals surface area contributed by atoms with Crippen LogP contribution in [0.1, 0.15) is 24.8 Å². The van der Waals surface area contributed by atoms with Crippen LogP contribution in [-0.4, -0.2) is 32.0 Å². The number of halogens is 2. The minimum Gasteiger partial charge on any atom is -0.493 e. The van der Waals surface area contributed by atoms with Gasteiger partial charge in [-0.05, 0) is 42.9 Å². The molecule has 3 nitrogen and oxygen atoms in total. The molecule has 0 radical (unpaired) electrons. The first kappa shape index (κ1) is 18.6. The average molecular weight is 424 g/mol. The Kier molecular flexibility index (Phi) is 9.16. The summed E-state index contributed by atoms with van der Waals surface area (Å²) in [6, 6.07) is 4.09. The second kappa shape index (κ2) is 10.3. The van der Waals surface area contributed by atoms with Crippen molar-refractivity contribution in [2.75, 3.05) is 32.0 Å². The van der Waals surface area contributed by atoms with Crippen LogP contribution >= 0.6 is 31.9 Å². The molecular formula is C16H24Br2O3. The van der Waals surface area contributed by atoms with Crippen molar-refractivity contribution in [3.8, 4) is 17.2 Å². The Morgan fingerprint density at radius 1 is 0.952 bits per heavy atom. The van der Waals surface area contributed by atoms with Gasteiger partial charge in [0.25, 0.3) is 0 Å². The van der Waals surface area contributed by atoms with Crippen LogP contribution in [0.3, 0.4) is 0 Å². The summed E-state index contributed by atoms with van der Waals surface area (Å²) in [4.78, 5) is 0. The van der Waals surface area contributed by atoms with Crippen molar-refractivity contribution in [1.82, 2.24) is 0 Å². The molecule has 0 fully saturated rings. The van der Waals surface area contributed by atoms with Crippen molar-refractivity contribution in [3.05, 3.63) is 17.7 Å². The second-order valence-electron chi connectivity index (χ2n) is 4.94. The van der Waals surface area contributed by atoms with E-state index in [-0.39, 0.29) is 0 Å². The second-order valence-corrected chi connectivity index (χ2v) is 6.38. The number of hydrogen-bond donors (Lipinski definition) is 0. The molecule has 120 valence electrons. The molecule has 0 spiro atoms. The third kappa shape index (κ3) is 5.70. The van der Waals surface area contributed by atoms with Gasteiger partial charge in [-0.15, -0.1) is 0 Å². The molecule has 0 heterocycles. The highest BCUT2D eigenvalue weighted by Gasteiger charge is 2.15. The van der Waals surface area contributed by atoms with E-state index in [2.05, 4.69) is 31.9 Å². The van der Waals surface area contributed by atoms with Crippen LogP contribution in [0.2, 0.25) is 0 Å². The molecule has 0 amide bonds. The molecule has 0 saturated carbocycles. The van der Waals surface area contributed by atoms with Gasteiger partial charge in [0.2, 0.25) is 5.75 Å². The van der Waals surface area contributed by atoms with Gasteiger partial charge in [-0.2, -0.15) is 0 Å². The highest BCUT2D eigenvalue weighted by molar-refractivity contribution is 9.09. The monoisotopic (exact) mass is 422 g/mol. The quantitative estimate of drug-likeness (QED) is 0.398. The zero-order valence-electron chi connectivity index (χ0n) is 13.0. The number of benzene rings is 1. The molecule has 0 aliphatic rings. The smallest absolute Gasteiger partial charge is 0.203 e. The lowest BCUT2D eigenvalue weighted by molar-refractivity contribution is 0.323. The highest BCUT2D eigenvalue weighted by Crippen LogP contribution is 2.39. The standard InChI is InChI=1S/C16H24Br2O3/c1-19-14-9-13(10-15(20-2)16(14)21-3)8-12(11-18)6-4-5-7-17/h9-10,12H,4-8,11H2,1-3H3/t12-/m1/s1. The molecule has 0 unspecified atom stereocenters. The van der Waals surface area contributed by atoms with E-state index in [1.54, 1.807) is 21.3 Å². The maximum Gasteiger partial charge on any atom is 0.203 e. The van der Waals surface area contributed by atoms with E-state index in [9.17, 15) is 0 Å². The lowest BCUT2D eigenvalue weighted by atomic mass is 9.95. The molecular weight excluding hydrogens is 400 g/mol. The van der Waals surface area contributed by atoms with Crippen molar-refractivity contribution >= 4 is 31.9 Å². The van der Waals surface area contributed by atoms with E-state index in [1.165, 1.54) is 24.8 Å². The fraction of sp³-hybridized carbons (Fsp3) is 0.625. The number of ether oxygens (including phenoxy) is 3. The normalized spacial score (nSPS) is 12.0. The summed E-state index contributed by atoms with van der Waals surface area (Å²) in [6.07, 6.45) is 4.68. The van der Waals surface area contributed by atoms with Crippen molar-refractivity contribution in [2.24, 2.45) is 5.92 Å². The fourth-order valence-corrected chi connectivity index (χ4v) is 3.30. The number of hydrogen-bond acceptors (Lipinski definition) is 3. The predicted molar refractivity (Wildman–Crippen MR) is 94.7 cm³/mol. The van der Waals surface area contributed by atoms with Crippen LogP contribution in [-0.2, 0) is 6.42 Å². The summed E-state index contributed by atoms with van der Waals surface area (Å²) in [6.45, 7) is 0. The molecule has 0 aromatic heterocycles. The van der Waals surface area contributed by atoms with Gasteiger partial charge in [0.15, 0.2) is 11.5 Å². The molecule has 0 aliphatic heterocycles. The summed E-state index contributed by atoms with van der Waals surface area (Å²) >= 11 is 7.11. The largest absolute Gasteiger partial charge is 0.493 e. The Bertz CT molecular complexity index is 399. The van der Waals surface area contributed by atoms with E-state index in [1.807, 2.05) is 12.1 Å². The molecule has 0 aliphatic carbocycles. The zero-order valence-corrected chi connectivity index (χ0v) is 16.1. The minimum atomic E-state index is 0.617. The molecule has 1 aromatic carbocycles. The van der Waals surface area contributed by atoms with E-state index in [4.69, 9.17) is 14.2 Å². The molecule has 0 bridgehead atoms. The average Bonchev–Trinajstić information content (AvgIpc) is 2.52. The summed E-state index contributed by atoms with van der Waals surface area (Å²) in [5.74, 6) is 2.71. The molecule has 5 heteroatoms. The number of unbranched alkanes of at least 4 members (excludes halogenated alkanes) is 1. The molecule has 0 N–H and O–H groups in total. The van der Waals surface area contributed by atoms with Crippen molar-refractivity contribution in [3.63, 3.8) is 0 Å². The first-order valence-electron chi connectivity index (χ1n) is 7.10. The van der Waals surface area contributed by atoms with Crippen molar-refractivity contribution in [2.45, 2.75) is 25.7 Å². The Morgan fingerprint density at radius 3 is 2.00 bits per heavy atom. The number of methoxy groups -OCH3 is 3. The minimum absolute atomic E-state index is 0.617. The molecule has 21 heavy (non-hydrogen) atoms. The fourth-order valence-electron chi connectivity index (χ4n) is 2.35. The topological polar surface area (TPSA) is 27.7 Å². The third-order valence-electron chi connectivity index (χ3n) is 3.46. The third-order valence-corrected chi connectivity index (χ3v) is 4.94. The molecule has 1 rings (SSSR count). The van der Waals surface area contributed by atoms with Gasteiger partial charge in [0.1, 0.15) is 0 Å². The molecule has 1 aromatic rings. The van der Waals surface area contributed by atoms with Gasteiger partial charge in [0.05, 0.1) is 21.3 Å². The van der Waals surface area contributed by atoms with Crippen LogP contribution in [0.4, 0.5) is 0 Å². The summed E-state index contributed by atoms with van der Waals surface area (Å²) in [5, 5.41) is 2.08. The van der Waals surface area contributed by atoms with Crippen LogP contribution in [0.5, 0.6) is 17.2 Å². The maximum absolute atomic E-state index is 5.41. The summed E-state index contributed by atoms with van der Waals surface area (Å²) < 4.78 is 16.2. The van der Waals surface area contributed by atoms with Gasteiger partial charge >= 0.3 is 0 Å². The zero-order chi connectivity index (χ0) is 15.7. The predicted octanol–water partition coefficient (Wildman–Crippen LogP) is 4.83. The first-order chi connectivity index (χ1) is 10.2. The van der Waals surface area contributed by atoms with E-state index in [0.717, 1.165) is 28.6 Å². The van der Waals surface area contributed by atoms with Crippen molar-refractivity contribution in [1.29, 1.82) is 0 Å². The van der Waals surface area contributed by atoms with Gasteiger partial charge in [-0.25, -0.2) is 0 Å². The SMILES string of the molecule is COc1cc(C[C@H](CBr)CCCCBr)cc(OC)c1OC. The Balaban J connectivity index is 2.86.